The number of nitrogens with one attached hydrogen (secondary N) is 2. The van der Waals surface area contributed by atoms with Crippen molar-refractivity contribution in [1.82, 2.24) is 0 Å². The summed E-state index contributed by atoms with van der Waals surface area (Å²) in [7, 11) is 0. The Morgan fingerprint density at radius 3 is 2.00 bits per heavy atom. The summed E-state index contributed by atoms with van der Waals surface area (Å²) < 4.78 is 13.7. The van der Waals surface area contributed by atoms with Gasteiger partial charge in [-0.1, -0.05) is 28.1 Å². The van der Waals surface area contributed by atoms with E-state index in [1.54, 1.807) is 24.3 Å². The third-order valence-electron chi connectivity index (χ3n) is 2.37. The Hall–Kier alpha value is -2.21. The zero-order chi connectivity index (χ0) is 14.5. The van der Waals surface area contributed by atoms with Gasteiger partial charge in [0.1, 0.15) is 5.82 Å². The van der Waals surface area contributed by atoms with Crippen LogP contribution in [0.25, 0.3) is 0 Å². The van der Waals surface area contributed by atoms with Gasteiger partial charge in [-0.25, -0.2) is 4.39 Å². The molecule has 2 aromatic rings. The Bertz CT molecular complexity index is 604. The number of hydrogen-bond acceptors (Lipinski definition) is 2. The van der Waals surface area contributed by atoms with Crippen molar-refractivity contribution in [3.8, 4) is 0 Å². The minimum atomic E-state index is -0.865. The molecule has 0 bridgehead atoms. The summed E-state index contributed by atoms with van der Waals surface area (Å²) >= 11 is 3.26. The summed E-state index contributed by atoms with van der Waals surface area (Å²) in [6.07, 6.45) is 0. The Balaban J connectivity index is 2.01. The maximum absolute atomic E-state index is 13.0. The van der Waals surface area contributed by atoms with Crippen LogP contribution < -0.4 is 10.6 Å². The summed E-state index contributed by atoms with van der Waals surface area (Å²) in [5, 5.41) is 4.76. The van der Waals surface area contributed by atoms with E-state index in [4.69, 9.17) is 0 Å². The van der Waals surface area contributed by atoms with E-state index in [0.717, 1.165) is 10.5 Å². The number of halogens is 2. The lowest BCUT2D eigenvalue weighted by Gasteiger charge is -2.06. The van der Waals surface area contributed by atoms with Crippen molar-refractivity contribution < 1.29 is 14.0 Å². The molecule has 0 aliphatic heterocycles. The summed E-state index contributed by atoms with van der Waals surface area (Å²) in [5.74, 6) is -2.18. The average Bonchev–Trinajstić information content (AvgIpc) is 2.38. The van der Waals surface area contributed by atoms with Gasteiger partial charge in [0.15, 0.2) is 0 Å². The Kier molecular flexibility index (Phi) is 4.47. The number of hydrogen-bond donors (Lipinski definition) is 2. The molecule has 20 heavy (non-hydrogen) atoms. The van der Waals surface area contributed by atoms with Gasteiger partial charge in [-0.15, -0.1) is 0 Å². The molecule has 0 heterocycles. The van der Waals surface area contributed by atoms with Gasteiger partial charge in [0.25, 0.3) is 0 Å². The molecule has 0 aliphatic carbocycles. The van der Waals surface area contributed by atoms with Crippen LogP contribution in [0.1, 0.15) is 0 Å². The van der Waals surface area contributed by atoms with E-state index in [0.29, 0.717) is 5.69 Å². The lowest BCUT2D eigenvalue weighted by atomic mass is 10.3. The highest BCUT2D eigenvalue weighted by Gasteiger charge is 2.14. The zero-order valence-corrected chi connectivity index (χ0v) is 11.8. The molecule has 0 saturated heterocycles. The van der Waals surface area contributed by atoms with Crippen LogP contribution in [0.2, 0.25) is 0 Å². The first-order chi connectivity index (χ1) is 9.54. The summed E-state index contributed by atoms with van der Waals surface area (Å²) in [6, 6.07) is 12.1. The van der Waals surface area contributed by atoms with Crippen LogP contribution in [0.5, 0.6) is 0 Å². The Morgan fingerprint density at radius 2 is 1.45 bits per heavy atom. The third kappa shape index (κ3) is 3.89. The molecular weight excluding hydrogens is 327 g/mol. The van der Waals surface area contributed by atoms with E-state index in [1.807, 2.05) is 0 Å². The lowest BCUT2D eigenvalue weighted by molar-refractivity contribution is -0.133. The van der Waals surface area contributed by atoms with Crippen LogP contribution in [-0.2, 0) is 9.59 Å². The molecule has 0 saturated carbocycles. The largest absolute Gasteiger partial charge is 0.318 e. The second kappa shape index (κ2) is 6.29. The van der Waals surface area contributed by atoms with E-state index in [9.17, 15) is 14.0 Å². The second-order valence-electron chi connectivity index (χ2n) is 3.93. The van der Waals surface area contributed by atoms with Gasteiger partial charge in [-0.2, -0.15) is 0 Å². The van der Waals surface area contributed by atoms with Crippen molar-refractivity contribution in [2.45, 2.75) is 0 Å². The molecular formula is C14H10BrFN2O2. The molecule has 0 radical (unpaired) electrons. The van der Waals surface area contributed by atoms with Crippen molar-refractivity contribution in [3.05, 3.63) is 58.8 Å². The molecule has 2 amide bonds. The van der Waals surface area contributed by atoms with Crippen molar-refractivity contribution in [2.75, 3.05) is 10.6 Å². The normalized spacial score (nSPS) is 9.90. The quantitative estimate of drug-likeness (QED) is 0.827. The molecule has 0 atom stereocenters. The van der Waals surface area contributed by atoms with E-state index in [1.165, 1.54) is 18.2 Å². The smallest absolute Gasteiger partial charge is 0.314 e. The monoisotopic (exact) mass is 336 g/mol. The molecule has 102 valence electrons. The molecule has 2 aromatic carbocycles. The first kappa shape index (κ1) is 14.2. The minimum absolute atomic E-state index is 0.222. The molecule has 0 fully saturated rings. The number of rotatable bonds is 2. The van der Waals surface area contributed by atoms with Gasteiger partial charge in [0, 0.05) is 15.8 Å². The second-order valence-corrected chi connectivity index (χ2v) is 4.84. The summed E-state index contributed by atoms with van der Waals surface area (Å²) in [4.78, 5) is 23.3. The lowest BCUT2D eigenvalue weighted by Crippen LogP contribution is -2.29. The Labute approximate surface area is 123 Å². The first-order valence-corrected chi connectivity index (χ1v) is 6.47. The highest BCUT2D eigenvalue weighted by molar-refractivity contribution is 9.10. The van der Waals surface area contributed by atoms with Crippen LogP contribution in [0.15, 0.2) is 53.0 Å². The van der Waals surface area contributed by atoms with E-state index in [2.05, 4.69) is 26.6 Å². The van der Waals surface area contributed by atoms with Crippen molar-refractivity contribution in [3.63, 3.8) is 0 Å². The number of carbonyl (C=O) groups excluding carboxylic acids is 2. The predicted octanol–water partition coefficient (Wildman–Crippen LogP) is 3.17. The number of carbonyl (C=O) groups is 2. The SMILES string of the molecule is O=C(Nc1cccc(F)c1)C(=O)Nc1cccc(Br)c1. The van der Waals surface area contributed by atoms with Gasteiger partial charge in [0.2, 0.25) is 0 Å². The first-order valence-electron chi connectivity index (χ1n) is 5.68. The predicted molar refractivity (Wildman–Crippen MR) is 77.8 cm³/mol. The highest BCUT2D eigenvalue weighted by Crippen LogP contribution is 2.15. The standard InChI is InChI=1S/C14H10BrFN2O2/c15-9-3-1-5-11(7-9)17-13(19)14(20)18-12-6-2-4-10(16)8-12/h1-8H,(H,17,19)(H,18,20). The molecule has 4 nitrogen and oxygen atoms in total. The van der Waals surface area contributed by atoms with Crippen molar-refractivity contribution in [1.29, 1.82) is 0 Å². The van der Waals surface area contributed by atoms with Crippen LogP contribution in [0.3, 0.4) is 0 Å². The van der Waals surface area contributed by atoms with Crippen LogP contribution in [-0.4, -0.2) is 11.8 Å². The maximum Gasteiger partial charge on any atom is 0.314 e. The van der Waals surface area contributed by atoms with Gasteiger partial charge in [0.05, 0.1) is 0 Å². The molecule has 0 aromatic heterocycles. The van der Waals surface area contributed by atoms with Gasteiger partial charge >= 0.3 is 11.8 Å². The molecule has 0 unspecified atom stereocenters. The fourth-order valence-corrected chi connectivity index (χ4v) is 1.91. The fourth-order valence-electron chi connectivity index (χ4n) is 1.51. The molecule has 6 heteroatoms. The zero-order valence-electron chi connectivity index (χ0n) is 10.2. The number of amides is 2. The summed E-state index contributed by atoms with van der Waals surface area (Å²) in [5.41, 5.74) is 0.707. The number of anilines is 2. The maximum atomic E-state index is 13.0. The third-order valence-corrected chi connectivity index (χ3v) is 2.86. The highest BCUT2D eigenvalue weighted by atomic mass is 79.9. The van der Waals surface area contributed by atoms with Crippen molar-refractivity contribution in [2.24, 2.45) is 0 Å². The number of benzene rings is 2. The van der Waals surface area contributed by atoms with Gasteiger partial charge in [-0.05, 0) is 36.4 Å². The topological polar surface area (TPSA) is 58.2 Å². The van der Waals surface area contributed by atoms with Crippen LogP contribution in [0, 0.1) is 5.82 Å². The molecule has 0 aliphatic rings. The molecule has 2 N–H and O–H groups in total. The summed E-state index contributed by atoms with van der Waals surface area (Å²) in [6.45, 7) is 0. The van der Waals surface area contributed by atoms with Gasteiger partial charge in [-0.3, -0.25) is 9.59 Å². The van der Waals surface area contributed by atoms with E-state index >= 15 is 0 Å². The van der Waals surface area contributed by atoms with E-state index < -0.39 is 17.6 Å². The minimum Gasteiger partial charge on any atom is -0.318 e. The van der Waals surface area contributed by atoms with Crippen LogP contribution >= 0.6 is 15.9 Å². The van der Waals surface area contributed by atoms with E-state index in [-0.39, 0.29) is 5.69 Å². The van der Waals surface area contributed by atoms with Gasteiger partial charge < -0.3 is 10.6 Å². The Morgan fingerprint density at radius 1 is 0.900 bits per heavy atom. The molecule has 2 rings (SSSR count). The average molecular weight is 337 g/mol. The van der Waals surface area contributed by atoms with Crippen LogP contribution in [0.4, 0.5) is 15.8 Å². The van der Waals surface area contributed by atoms with Crippen molar-refractivity contribution >= 4 is 39.1 Å². The molecule has 0 spiro atoms. The fraction of sp³-hybridized carbons (Fsp3) is 0.